The lowest BCUT2D eigenvalue weighted by atomic mass is 10.0. The Balaban J connectivity index is 1.84. The number of carbonyl (C=O) groups is 1. The lowest BCUT2D eigenvalue weighted by Gasteiger charge is -2.21. The molecular weight excluding hydrogens is 292 g/mol. The highest BCUT2D eigenvalue weighted by Crippen LogP contribution is 2.09. The van der Waals surface area contributed by atoms with Crippen molar-refractivity contribution >= 4 is 6.03 Å². The molecule has 1 aromatic heterocycles. The molecule has 0 saturated heterocycles. The second-order valence-electron chi connectivity index (χ2n) is 5.81. The van der Waals surface area contributed by atoms with Crippen molar-refractivity contribution in [1.29, 1.82) is 0 Å². The molecule has 2 rings (SSSR count). The van der Waals surface area contributed by atoms with Gasteiger partial charge in [0.2, 0.25) is 0 Å². The minimum Gasteiger partial charge on any atom is -0.396 e. The minimum atomic E-state index is -0.215. The topological polar surface area (TPSA) is 79.2 Å². The summed E-state index contributed by atoms with van der Waals surface area (Å²) < 4.78 is 1.78. The van der Waals surface area contributed by atoms with E-state index in [0.717, 1.165) is 11.3 Å². The van der Waals surface area contributed by atoms with Crippen molar-refractivity contribution in [3.8, 4) is 5.69 Å². The quantitative estimate of drug-likeness (QED) is 0.732. The van der Waals surface area contributed by atoms with Crippen LogP contribution < -0.4 is 10.6 Å². The Bertz CT molecular complexity index is 594. The Morgan fingerprint density at radius 3 is 2.61 bits per heavy atom. The molecule has 2 amide bonds. The van der Waals surface area contributed by atoms with Crippen LogP contribution in [0.5, 0.6) is 0 Å². The van der Waals surface area contributed by atoms with Crippen molar-refractivity contribution < 1.29 is 9.90 Å². The first kappa shape index (κ1) is 17.0. The molecule has 0 fully saturated rings. The van der Waals surface area contributed by atoms with Gasteiger partial charge in [0.05, 0.1) is 5.69 Å². The van der Waals surface area contributed by atoms with E-state index in [1.54, 1.807) is 10.9 Å². The van der Waals surface area contributed by atoms with E-state index in [9.17, 15) is 4.79 Å². The summed E-state index contributed by atoms with van der Waals surface area (Å²) in [6, 6.07) is 9.48. The number of hydrogen-bond acceptors (Lipinski definition) is 3. The fourth-order valence-electron chi connectivity index (χ4n) is 2.30. The van der Waals surface area contributed by atoms with E-state index >= 15 is 0 Å². The highest BCUT2D eigenvalue weighted by molar-refractivity contribution is 5.74. The molecule has 1 unspecified atom stereocenters. The van der Waals surface area contributed by atoms with Crippen molar-refractivity contribution in [2.75, 3.05) is 6.61 Å². The third-order valence-electron chi connectivity index (χ3n) is 3.72. The number of nitrogens with zero attached hydrogens (tertiary/aromatic N) is 2. The second kappa shape index (κ2) is 8.33. The molecule has 0 bridgehead atoms. The summed E-state index contributed by atoms with van der Waals surface area (Å²) in [4.78, 5) is 11.9. The van der Waals surface area contributed by atoms with Gasteiger partial charge in [-0.15, -0.1) is 0 Å². The van der Waals surface area contributed by atoms with Crippen LogP contribution in [0.3, 0.4) is 0 Å². The molecule has 3 N–H and O–H groups in total. The summed E-state index contributed by atoms with van der Waals surface area (Å²) in [7, 11) is 0. The van der Waals surface area contributed by atoms with Gasteiger partial charge in [-0.25, -0.2) is 9.48 Å². The van der Waals surface area contributed by atoms with Gasteiger partial charge < -0.3 is 15.7 Å². The number of benzene rings is 1. The zero-order chi connectivity index (χ0) is 16.7. The number of nitrogens with one attached hydrogen (secondary N) is 2. The fourth-order valence-corrected chi connectivity index (χ4v) is 2.30. The normalized spacial score (nSPS) is 12.2. The standard InChI is InChI=1S/C17H24N4O2/c1-13(2)16(8-11-22)20-17(23)18-12-14-4-6-15(7-5-14)21-10-3-9-19-21/h3-7,9-10,13,16,22H,8,11-12H2,1-2H3,(H2,18,20,23). The van der Waals surface area contributed by atoms with E-state index < -0.39 is 0 Å². The maximum absolute atomic E-state index is 11.9. The molecule has 0 aliphatic carbocycles. The molecule has 2 aromatic rings. The molecule has 0 saturated carbocycles. The average molecular weight is 316 g/mol. The number of carbonyl (C=O) groups excluding carboxylic acids is 1. The molecule has 1 heterocycles. The van der Waals surface area contributed by atoms with Crippen LogP contribution in [0, 0.1) is 5.92 Å². The maximum Gasteiger partial charge on any atom is 0.315 e. The van der Waals surface area contributed by atoms with Gasteiger partial charge in [0.15, 0.2) is 0 Å². The Labute approximate surface area is 136 Å². The molecule has 0 aliphatic rings. The summed E-state index contributed by atoms with van der Waals surface area (Å²) in [6.45, 7) is 4.57. The number of hydrogen-bond donors (Lipinski definition) is 3. The molecule has 0 radical (unpaired) electrons. The first-order valence-electron chi connectivity index (χ1n) is 7.84. The Hall–Kier alpha value is -2.34. The van der Waals surface area contributed by atoms with Gasteiger partial charge in [0.1, 0.15) is 0 Å². The molecular formula is C17H24N4O2. The molecule has 1 atom stereocenters. The van der Waals surface area contributed by atoms with E-state index in [1.807, 2.05) is 50.4 Å². The first-order valence-corrected chi connectivity index (χ1v) is 7.84. The van der Waals surface area contributed by atoms with Gasteiger partial charge in [-0.2, -0.15) is 5.10 Å². The second-order valence-corrected chi connectivity index (χ2v) is 5.81. The van der Waals surface area contributed by atoms with Gasteiger partial charge in [-0.1, -0.05) is 26.0 Å². The zero-order valence-electron chi connectivity index (χ0n) is 13.6. The van der Waals surface area contributed by atoms with E-state index in [1.165, 1.54) is 0 Å². The monoisotopic (exact) mass is 316 g/mol. The Morgan fingerprint density at radius 1 is 1.30 bits per heavy atom. The Kier molecular flexibility index (Phi) is 6.17. The van der Waals surface area contributed by atoms with Gasteiger partial charge in [-0.05, 0) is 36.1 Å². The van der Waals surface area contributed by atoms with Crippen molar-refractivity contribution in [3.63, 3.8) is 0 Å². The van der Waals surface area contributed by atoms with E-state index in [4.69, 9.17) is 5.11 Å². The molecule has 6 heteroatoms. The van der Waals surface area contributed by atoms with Crippen molar-refractivity contribution in [3.05, 3.63) is 48.3 Å². The van der Waals surface area contributed by atoms with Crippen LogP contribution in [0.1, 0.15) is 25.8 Å². The van der Waals surface area contributed by atoms with Crippen LogP contribution in [0.4, 0.5) is 4.79 Å². The van der Waals surface area contributed by atoms with Crippen LogP contribution >= 0.6 is 0 Å². The number of rotatable bonds is 7. The molecule has 0 spiro atoms. The summed E-state index contributed by atoms with van der Waals surface area (Å²) in [5, 5.41) is 18.9. The number of amides is 2. The minimum absolute atomic E-state index is 0.0257. The first-order chi connectivity index (χ1) is 11.1. The molecule has 124 valence electrons. The zero-order valence-corrected chi connectivity index (χ0v) is 13.6. The van der Waals surface area contributed by atoms with Crippen molar-refractivity contribution in [2.24, 2.45) is 5.92 Å². The summed E-state index contributed by atoms with van der Waals surface area (Å²) in [5.41, 5.74) is 1.99. The summed E-state index contributed by atoms with van der Waals surface area (Å²) >= 11 is 0. The fraction of sp³-hybridized carbons (Fsp3) is 0.412. The van der Waals surface area contributed by atoms with E-state index in [2.05, 4.69) is 15.7 Å². The predicted molar refractivity (Wildman–Crippen MR) is 89.3 cm³/mol. The third kappa shape index (κ3) is 5.10. The summed E-state index contributed by atoms with van der Waals surface area (Å²) in [5.74, 6) is 0.279. The lowest BCUT2D eigenvalue weighted by molar-refractivity contribution is 0.218. The van der Waals surface area contributed by atoms with E-state index in [0.29, 0.717) is 13.0 Å². The number of aliphatic hydroxyl groups excluding tert-OH is 1. The highest BCUT2D eigenvalue weighted by Gasteiger charge is 2.15. The third-order valence-corrected chi connectivity index (χ3v) is 3.72. The molecule has 1 aromatic carbocycles. The van der Waals surface area contributed by atoms with Crippen LogP contribution in [0.2, 0.25) is 0 Å². The van der Waals surface area contributed by atoms with Crippen LogP contribution in [0.25, 0.3) is 5.69 Å². The average Bonchev–Trinajstić information content (AvgIpc) is 3.07. The summed E-state index contributed by atoms with van der Waals surface area (Å²) in [6.07, 6.45) is 4.18. The van der Waals surface area contributed by atoms with Crippen LogP contribution in [0.15, 0.2) is 42.7 Å². The predicted octanol–water partition coefficient (Wildman–Crippen LogP) is 2.08. The lowest BCUT2D eigenvalue weighted by Crippen LogP contribution is -2.44. The van der Waals surface area contributed by atoms with Crippen LogP contribution in [-0.4, -0.2) is 33.6 Å². The largest absolute Gasteiger partial charge is 0.396 e. The number of aromatic nitrogens is 2. The van der Waals surface area contributed by atoms with Crippen molar-refractivity contribution in [2.45, 2.75) is 32.9 Å². The Morgan fingerprint density at radius 2 is 2.04 bits per heavy atom. The molecule has 0 aliphatic heterocycles. The maximum atomic E-state index is 11.9. The molecule has 23 heavy (non-hydrogen) atoms. The highest BCUT2D eigenvalue weighted by atomic mass is 16.3. The smallest absolute Gasteiger partial charge is 0.315 e. The molecule has 6 nitrogen and oxygen atoms in total. The SMILES string of the molecule is CC(C)C(CCO)NC(=O)NCc1ccc(-n2cccn2)cc1. The van der Waals surface area contributed by atoms with Gasteiger partial charge >= 0.3 is 6.03 Å². The van der Waals surface area contributed by atoms with Gasteiger partial charge in [0, 0.05) is 31.6 Å². The van der Waals surface area contributed by atoms with E-state index in [-0.39, 0.29) is 24.6 Å². The number of aliphatic hydroxyl groups is 1. The number of urea groups is 1. The van der Waals surface area contributed by atoms with Gasteiger partial charge in [0.25, 0.3) is 0 Å². The van der Waals surface area contributed by atoms with Gasteiger partial charge in [-0.3, -0.25) is 0 Å². The van der Waals surface area contributed by atoms with Crippen LogP contribution in [-0.2, 0) is 6.54 Å². The van der Waals surface area contributed by atoms with Crippen molar-refractivity contribution in [1.82, 2.24) is 20.4 Å².